The largest absolute Gasteiger partial charge is 0.494 e. The lowest BCUT2D eigenvalue weighted by Crippen LogP contribution is -2.46. The molecule has 4 heterocycles. The Balaban J connectivity index is 0.833. The summed E-state index contributed by atoms with van der Waals surface area (Å²) in [7, 11) is -4.23. The zero-order valence-corrected chi connectivity index (χ0v) is 39.6. The molecular weight excluding hydrogens is 930 g/mol. The number of benzene rings is 3. The van der Waals surface area contributed by atoms with Crippen LogP contribution in [0.15, 0.2) is 113 Å². The summed E-state index contributed by atoms with van der Waals surface area (Å²) in [5.41, 5.74) is -3.67. The molecule has 0 saturated carbocycles. The number of fused-ring (bicyclic) bond motifs is 1. The van der Waals surface area contributed by atoms with Gasteiger partial charge in [-0.15, -0.1) is 6.58 Å². The van der Waals surface area contributed by atoms with Crippen LogP contribution >= 0.6 is 0 Å². The van der Waals surface area contributed by atoms with E-state index in [0.717, 1.165) is 82.4 Å². The van der Waals surface area contributed by atoms with Crippen LogP contribution in [0.2, 0.25) is 0 Å². The minimum absolute atomic E-state index is 0.184. The summed E-state index contributed by atoms with van der Waals surface area (Å²) in [6.07, 6.45) is 0.886. The van der Waals surface area contributed by atoms with Gasteiger partial charge in [0.25, 0.3) is 11.5 Å². The Morgan fingerprint density at radius 2 is 1.63 bits per heavy atom. The van der Waals surface area contributed by atoms with Gasteiger partial charge in [0.15, 0.2) is 26.9 Å². The molecule has 1 fully saturated rings. The summed E-state index contributed by atoms with van der Waals surface area (Å²) < 4.78 is 75.3. The molecule has 1 unspecified atom stereocenters. The predicted octanol–water partition coefficient (Wildman–Crippen LogP) is 6.56. The molecule has 7 rings (SSSR count). The molecule has 6 aromatic rings. The van der Waals surface area contributed by atoms with Crippen LogP contribution in [0.4, 0.5) is 36.2 Å². The first-order chi connectivity index (χ1) is 33.2. The second-order valence-corrected chi connectivity index (χ2v) is 19.6. The van der Waals surface area contributed by atoms with Crippen LogP contribution in [0.25, 0.3) is 16.9 Å². The van der Waals surface area contributed by atoms with Crippen LogP contribution in [-0.4, -0.2) is 104 Å². The molecule has 0 aliphatic carbocycles. The number of amides is 1. The fraction of sp³-hybridized carbons (Fsp3) is 0.347. The summed E-state index contributed by atoms with van der Waals surface area (Å²) in [6, 6.07) is 22.7. The number of carbonyl (C=O) groups is 1. The Bertz CT molecular complexity index is 3060. The normalized spacial score (nSPS) is 14.5. The molecule has 4 N–H and O–H groups in total. The van der Waals surface area contributed by atoms with E-state index in [1.54, 1.807) is 42.8 Å². The third-order valence-corrected chi connectivity index (χ3v) is 13.6. The number of nitrogens with one attached hydrogen (secondary N) is 2. The van der Waals surface area contributed by atoms with Crippen molar-refractivity contribution in [3.05, 3.63) is 131 Å². The van der Waals surface area contributed by atoms with E-state index in [2.05, 4.69) is 37.0 Å². The topological polar surface area (TPSA) is 221 Å². The molecule has 1 amide bonds. The van der Waals surface area contributed by atoms with Crippen molar-refractivity contribution in [1.29, 1.82) is 5.26 Å². The first-order valence-electron chi connectivity index (χ1n) is 22.4. The molecule has 3 aromatic carbocycles. The first kappa shape index (κ1) is 50.7. The molecule has 0 spiro atoms. The van der Waals surface area contributed by atoms with Crippen LogP contribution in [0.5, 0.6) is 5.75 Å². The van der Waals surface area contributed by atoms with Crippen molar-refractivity contribution in [1.82, 2.24) is 29.2 Å². The summed E-state index contributed by atoms with van der Waals surface area (Å²) in [6.45, 7) is 13.1. The van der Waals surface area contributed by atoms with Gasteiger partial charge in [0.1, 0.15) is 16.7 Å². The maximum Gasteiger partial charge on any atom is 0.417 e. The van der Waals surface area contributed by atoms with E-state index in [1.807, 2.05) is 24.3 Å². The van der Waals surface area contributed by atoms with Crippen LogP contribution in [-0.2, 0) is 33.0 Å². The fourth-order valence-corrected chi connectivity index (χ4v) is 9.48. The average molecular weight is 983 g/mol. The zero-order valence-electron chi connectivity index (χ0n) is 38.8. The quantitative estimate of drug-likeness (QED) is 0.0499. The van der Waals surface area contributed by atoms with Gasteiger partial charge in [-0.05, 0) is 125 Å². The highest BCUT2D eigenvalue weighted by atomic mass is 32.2. The highest BCUT2D eigenvalue weighted by Gasteiger charge is 2.38. The minimum atomic E-state index is -4.88. The van der Waals surface area contributed by atoms with Crippen molar-refractivity contribution in [3.8, 4) is 17.6 Å². The van der Waals surface area contributed by atoms with Crippen molar-refractivity contribution >= 4 is 49.8 Å². The number of aliphatic hydroxyl groups is 2. The smallest absolute Gasteiger partial charge is 0.417 e. The van der Waals surface area contributed by atoms with Crippen molar-refractivity contribution in [2.24, 2.45) is 0 Å². The van der Waals surface area contributed by atoms with Crippen LogP contribution in [0, 0.1) is 11.3 Å². The lowest BCUT2D eigenvalue weighted by atomic mass is 10.1. The van der Waals surface area contributed by atoms with Gasteiger partial charge in [-0.1, -0.05) is 12.1 Å². The zero-order chi connectivity index (χ0) is 50.4. The summed E-state index contributed by atoms with van der Waals surface area (Å²) in [5.74, 6) is -1.14. The third kappa shape index (κ3) is 12.0. The molecule has 1 atom stereocenters. The van der Waals surface area contributed by atoms with E-state index in [0.29, 0.717) is 46.9 Å². The number of ether oxygens (including phenoxy) is 1. The summed E-state index contributed by atoms with van der Waals surface area (Å²) in [5, 5.41) is 36.0. The van der Waals surface area contributed by atoms with Gasteiger partial charge in [-0.2, -0.15) is 23.4 Å². The van der Waals surface area contributed by atoms with Gasteiger partial charge in [0.05, 0.1) is 46.7 Å². The Kier molecular flexibility index (Phi) is 15.1. The SMILES string of the molecule is C=CCn1c(=O)c2cnc(Nc3ccc(N4CCN(CCCCCOc5ccc(S(=O)(=O)CC(C)(O)C(=O)Nc6ccc(C#N)c(C(F)(F)F)c6)cc5)CC4)cc3)nc2n1-c1cccc(C(C)(C)O)n1. The molecule has 3 aromatic heterocycles. The lowest BCUT2D eigenvalue weighted by molar-refractivity contribution is -0.137. The van der Waals surface area contributed by atoms with Crippen molar-refractivity contribution in [3.63, 3.8) is 0 Å². The van der Waals surface area contributed by atoms with Gasteiger partial charge in [-0.25, -0.2) is 27.7 Å². The number of carbonyl (C=O) groups excluding carboxylic acids is 1. The Morgan fingerprint density at radius 1 is 0.929 bits per heavy atom. The molecule has 1 aliphatic rings. The number of nitriles is 1. The van der Waals surface area contributed by atoms with Gasteiger partial charge in [-0.3, -0.25) is 14.5 Å². The minimum Gasteiger partial charge on any atom is -0.494 e. The van der Waals surface area contributed by atoms with E-state index >= 15 is 0 Å². The van der Waals surface area contributed by atoms with Gasteiger partial charge >= 0.3 is 6.18 Å². The van der Waals surface area contributed by atoms with Gasteiger partial charge < -0.3 is 30.5 Å². The molecule has 21 heteroatoms. The van der Waals surface area contributed by atoms with E-state index < -0.39 is 50.0 Å². The number of unbranched alkanes of at least 4 members (excludes halogenated alkanes) is 2. The summed E-state index contributed by atoms with van der Waals surface area (Å²) in [4.78, 5) is 44.6. The van der Waals surface area contributed by atoms with E-state index in [4.69, 9.17) is 15.0 Å². The number of piperazine rings is 1. The number of aromatic nitrogens is 5. The number of alkyl halides is 3. The number of hydrogen-bond donors (Lipinski definition) is 4. The monoisotopic (exact) mass is 982 g/mol. The first-order valence-corrected chi connectivity index (χ1v) is 24.1. The van der Waals surface area contributed by atoms with E-state index in [9.17, 15) is 41.4 Å². The maximum absolute atomic E-state index is 13.4. The molecule has 17 nitrogen and oxygen atoms in total. The van der Waals surface area contributed by atoms with Crippen LogP contribution < -0.4 is 25.8 Å². The maximum atomic E-state index is 13.4. The fourth-order valence-electron chi connectivity index (χ4n) is 7.89. The molecule has 0 bridgehead atoms. The number of pyridine rings is 1. The van der Waals surface area contributed by atoms with Crippen LogP contribution in [0.1, 0.15) is 56.9 Å². The number of halogens is 3. The van der Waals surface area contributed by atoms with Gasteiger partial charge in [0.2, 0.25) is 5.95 Å². The Hall–Kier alpha value is -7.12. The molecule has 70 heavy (non-hydrogen) atoms. The molecule has 1 aliphatic heterocycles. The van der Waals surface area contributed by atoms with Crippen molar-refractivity contribution < 1.29 is 41.3 Å². The number of anilines is 4. The average Bonchev–Trinajstić information content (AvgIpc) is 3.59. The number of sulfone groups is 1. The van der Waals surface area contributed by atoms with E-state index in [-0.39, 0.29) is 22.7 Å². The second-order valence-electron chi connectivity index (χ2n) is 17.6. The highest BCUT2D eigenvalue weighted by Crippen LogP contribution is 2.34. The van der Waals surface area contributed by atoms with Crippen LogP contribution in [0.3, 0.4) is 0 Å². The predicted molar refractivity (Wildman–Crippen MR) is 258 cm³/mol. The van der Waals surface area contributed by atoms with Gasteiger partial charge in [0, 0.05) is 49.4 Å². The third-order valence-electron chi connectivity index (χ3n) is 11.7. The molecule has 1 saturated heterocycles. The summed E-state index contributed by atoms with van der Waals surface area (Å²) >= 11 is 0. The standard InChI is InChI=1S/C49H53F3N10O7S/c1-5-22-61-44(63)39-31-54-46(58-43(39)62(61)42-11-9-10-41(57-42)47(2,3)65)56-34-14-16-36(17-15-34)60-26-24-59(25-27-60)23-7-6-8-28-69-37-18-20-38(21-19-37)70(67,68)32-48(4,66)45(64)55-35-13-12-33(30-53)40(29-35)49(50,51)52/h5,9-21,29,31,65-66H,1,6-8,22-28,32H2,2-4H3,(H,55,64)(H,54,56,58). The number of rotatable bonds is 19. The Labute approximate surface area is 402 Å². The molecule has 0 radical (unpaired) electrons. The Morgan fingerprint density at radius 3 is 2.29 bits per heavy atom. The second kappa shape index (κ2) is 20.9. The van der Waals surface area contributed by atoms with Crippen molar-refractivity contribution in [2.75, 3.05) is 60.6 Å². The lowest BCUT2D eigenvalue weighted by Gasteiger charge is -2.36. The molecule has 368 valence electrons. The number of hydrogen-bond acceptors (Lipinski definition) is 14. The highest BCUT2D eigenvalue weighted by molar-refractivity contribution is 7.91. The molecular formula is C49H53F3N10O7S. The van der Waals surface area contributed by atoms with E-state index in [1.165, 1.54) is 41.2 Å². The number of nitrogens with zero attached hydrogens (tertiary/aromatic N) is 8. The van der Waals surface area contributed by atoms with Crippen molar-refractivity contribution in [2.45, 2.75) is 68.9 Å². The number of allylic oxidation sites excluding steroid dienone is 1.